The summed E-state index contributed by atoms with van der Waals surface area (Å²) in [4.78, 5) is 39.5. The van der Waals surface area contributed by atoms with E-state index in [2.05, 4.69) is 4.98 Å². The Hall–Kier alpha value is -2.83. The van der Waals surface area contributed by atoms with Gasteiger partial charge in [0.1, 0.15) is 6.54 Å². The van der Waals surface area contributed by atoms with Crippen LogP contribution >= 0.6 is 0 Å². The van der Waals surface area contributed by atoms with Gasteiger partial charge in [-0.05, 0) is 18.1 Å². The smallest absolute Gasteiger partial charge is 0.329 e. The molecule has 2 heterocycles. The summed E-state index contributed by atoms with van der Waals surface area (Å²) in [5.41, 5.74) is 0.744. The van der Waals surface area contributed by atoms with Crippen LogP contribution in [0.5, 0.6) is 5.75 Å². The van der Waals surface area contributed by atoms with Crippen molar-refractivity contribution >= 4 is 11.6 Å². The van der Waals surface area contributed by atoms with Gasteiger partial charge in [0, 0.05) is 12.2 Å². The number of benzene rings is 1. The number of anilines is 1. The highest BCUT2D eigenvalue weighted by Crippen LogP contribution is 2.27. The molecule has 0 aliphatic carbocycles. The van der Waals surface area contributed by atoms with Gasteiger partial charge in [-0.25, -0.2) is 4.79 Å². The Morgan fingerprint density at radius 2 is 2.09 bits per heavy atom. The fraction of sp³-hybridized carbons (Fsp3) is 0.267. The maximum Gasteiger partial charge on any atom is 0.329 e. The number of fused-ring (bicyclic) bond motifs is 1. The molecule has 1 aliphatic heterocycles. The summed E-state index contributed by atoms with van der Waals surface area (Å²) in [7, 11) is 1.33. The average molecular weight is 301 g/mol. The molecule has 1 amide bonds. The molecular weight excluding hydrogens is 286 g/mol. The molecule has 1 aromatic carbocycles. The molecule has 0 radical (unpaired) electrons. The minimum atomic E-state index is -0.633. The summed E-state index contributed by atoms with van der Waals surface area (Å²) in [6.07, 6.45) is 2.05. The molecule has 22 heavy (non-hydrogen) atoms. The number of nitrogens with one attached hydrogen (secondary N) is 1. The third-order valence-corrected chi connectivity index (χ3v) is 3.69. The zero-order chi connectivity index (χ0) is 15.7. The van der Waals surface area contributed by atoms with E-state index in [1.807, 2.05) is 24.3 Å². The minimum Gasteiger partial charge on any atom is -0.490 e. The average Bonchev–Trinajstić information content (AvgIpc) is 2.94. The van der Waals surface area contributed by atoms with Gasteiger partial charge in [0.05, 0.1) is 13.3 Å². The van der Waals surface area contributed by atoms with Crippen LogP contribution in [0.3, 0.4) is 0 Å². The van der Waals surface area contributed by atoms with Crippen LogP contribution in [0.25, 0.3) is 0 Å². The van der Waals surface area contributed by atoms with Gasteiger partial charge < -0.3 is 9.64 Å². The van der Waals surface area contributed by atoms with Crippen molar-refractivity contribution in [3.05, 3.63) is 56.9 Å². The fourth-order valence-electron chi connectivity index (χ4n) is 2.58. The van der Waals surface area contributed by atoms with Crippen molar-refractivity contribution in [1.82, 2.24) is 9.55 Å². The maximum absolute atomic E-state index is 12.4. The van der Waals surface area contributed by atoms with Gasteiger partial charge in [-0.1, -0.05) is 18.2 Å². The number of aromatic amines is 1. The van der Waals surface area contributed by atoms with E-state index in [0.29, 0.717) is 6.54 Å². The van der Waals surface area contributed by atoms with E-state index >= 15 is 0 Å². The zero-order valence-electron chi connectivity index (χ0n) is 12.0. The normalized spacial score (nSPS) is 13.0. The van der Waals surface area contributed by atoms with Crippen molar-refractivity contribution in [3.8, 4) is 5.75 Å². The Labute approximate surface area is 125 Å². The first-order valence-corrected chi connectivity index (χ1v) is 6.86. The monoisotopic (exact) mass is 301 g/mol. The lowest BCUT2D eigenvalue weighted by Gasteiger charge is -2.18. The Bertz CT molecular complexity index is 837. The standard InChI is InChI=1S/C15H15N3O4/c1-22-12-8-17(15(21)16-14(12)20)9-13(19)18-7-6-10-4-2-3-5-11(10)18/h2-5,8H,6-7,9H2,1H3,(H,16,20,21). The molecule has 2 aromatic rings. The molecule has 0 bridgehead atoms. The number of hydrogen-bond donors (Lipinski definition) is 1. The quantitative estimate of drug-likeness (QED) is 0.873. The number of rotatable bonds is 3. The lowest BCUT2D eigenvalue weighted by molar-refractivity contribution is -0.119. The first-order valence-electron chi connectivity index (χ1n) is 6.86. The largest absolute Gasteiger partial charge is 0.490 e. The van der Waals surface area contributed by atoms with Crippen LogP contribution in [-0.2, 0) is 17.8 Å². The van der Waals surface area contributed by atoms with Gasteiger partial charge in [-0.3, -0.25) is 19.1 Å². The second kappa shape index (κ2) is 5.51. The van der Waals surface area contributed by atoms with E-state index in [0.717, 1.165) is 22.2 Å². The topological polar surface area (TPSA) is 84.4 Å². The van der Waals surface area contributed by atoms with E-state index in [-0.39, 0.29) is 18.2 Å². The number of carbonyl (C=O) groups excluding carboxylic acids is 1. The van der Waals surface area contributed by atoms with Crippen molar-refractivity contribution in [3.63, 3.8) is 0 Å². The van der Waals surface area contributed by atoms with E-state index < -0.39 is 11.2 Å². The van der Waals surface area contributed by atoms with Crippen LogP contribution in [-0.4, -0.2) is 29.1 Å². The van der Waals surface area contributed by atoms with Gasteiger partial charge in [0.15, 0.2) is 0 Å². The van der Waals surface area contributed by atoms with Crippen molar-refractivity contribution in [1.29, 1.82) is 0 Å². The van der Waals surface area contributed by atoms with E-state index in [1.54, 1.807) is 4.90 Å². The molecule has 7 heteroatoms. The van der Waals surface area contributed by atoms with Crippen molar-refractivity contribution in [2.24, 2.45) is 0 Å². The summed E-state index contributed by atoms with van der Waals surface area (Å²) in [6.45, 7) is 0.438. The number of carbonyl (C=O) groups is 1. The molecular formula is C15H15N3O4. The number of H-pyrrole nitrogens is 1. The molecule has 0 atom stereocenters. The molecule has 0 saturated heterocycles. The predicted molar refractivity (Wildman–Crippen MR) is 80.4 cm³/mol. The molecule has 0 unspecified atom stereocenters. The highest BCUT2D eigenvalue weighted by molar-refractivity contribution is 5.95. The Morgan fingerprint density at radius 3 is 2.86 bits per heavy atom. The minimum absolute atomic E-state index is 0.00535. The third-order valence-electron chi connectivity index (χ3n) is 3.69. The molecule has 1 aromatic heterocycles. The van der Waals surface area contributed by atoms with Gasteiger partial charge >= 0.3 is 5.69 Å². The van der Waals surface area contributed by atoms with Gasteiger partial charge in [0.25, 0.3) is 5.56 Å². The van der Waals surface area contributed by atoms with Gasteiger partial charge in [-0.15, -0.1) is 0 Å². The van der Waals surface area contributed by atoms with Crippen LogP contribution < -0.4 is 20.9 Å². The van der Waals surface area contributed by atoms with E-state index in [1.165, 1.54) is 13.3 Å². The molecule has 0 fully saturated rings. The summed E-state index contributed by atoms with van der Waals surface area (Å²) in [5, 5.41) is 0. The van der Waals surface area contributed by atoms with Crippen LogP contribution in [0.4, 0.5) is 5.69 Å². The van der Waals surface area contributed by atoms with E-state index in [9.17, 15) is 14.4 Å². The van der Waals surface area contributed by atoms with Gasteiger partial charge in [-0.2, -0.15) is 0 Å². The number of para-hydroxylation sites is 1. The van der Waals surface area contributed by atoms with Crippen molar-refractivity contribution in [2.45, 2.75) is 13.0 Å². The molecule has 0 spiro atoms. The fourth-order valence-corrected chi connectivity index (χ4v) is 2.58. The van der Waals surface area contributed by atoms with Crippen molar-refractivity contribution < 1.29 is 9.53 Å². The zero-order valence-corrected chi connectivity index (χ0v) is 12.0. The Morgan fingerprint density at radius 1 is 1.32 bits per heavy atom. The molecule has 3 rings (SSSR count). The third kappa shape index (κ3) is 2.41. The second-order valence-electron chi connectivity index (χ2n) is 5.01. The lowest BCUT2D eigenvalue weighted by Crippen LogP contribution is -2.38. The Balaban J connectivity index is 1.87. The summed E-state index contributed by atoms with van der Waals surface area (Å²) < 4.78 is 6.02. The highest BCUT2D eigenvalue weighted by atomic mass is 16.5. The predicted octanol–water partition coefficient (Wildman–Crippen LogP) is 0.135. The number of ether oxygens (including phenoxy) is 1. The molecule has 1 aliphatic rings. The first-order chi connectivity index (χ1) is 10.6. The Kier molecular flexibility index (Phi) is 3.54. The number of hydrogen-bond acceptors (Lipinski definition) is 4. The maximum atomic E-state index is 12.4. The van der Waals surface area contributed by atoms with Crippen LogP contribution in [0.1, 0.15) is 5.56 Å². The SMILES string of the molecule is COc1cn(CC(=O)N2CCc3ccccc32)c(=O)[nH]c1=O. The van der Waals surface area contributed by atoms with Crippen molar-refractivity contribution in [2.75, 3.05) is 18.6 Å². The number of methoxy groups -OCH3 is 1. The van der Waals surface area contributed by atoms with Gasteiger partial charge in [0.2, 0.25) is 11.7 Å². The van der Waals surface area contributed by atoms with E-state index in [4.69, 9.17) is 4.74 Å². The summed E-state index contributed by atoms with van der Waals surface area (Å²) in [6, 6.07) is 7.68. The molecule has 0 saturated carbocycles. The summed E-state index contributed by atoms with van der Waals surface area (Å²) >= 11 is 0. The number of nitrogens with zero attached hydrogens (tertiary/aromatic N) is 2. The highest BCUT2D eigenvalue weighted by Gasteiger charge is 2.24. The second-order valence-corrected chi connectivity index (χ2v) is 5.01. The molecule has 7 nitrogen and oxygen atoms in total. The number of aromatic nitrogens is 2. The lowest BCUT2D eigenvalue weighted by atomic mass is 10.2. The molecule has 1 N–H and O–H groups in total. The van der Waals surface area contributed by atoms with Crippen LogP contribution in [0.15, 0.2) is 40.1 Å². The van der Waals surface area contributed by atoms with Crippen LogP contribution in [0, 0.1) is 0 Å². The number of amides is 1. The summed E-state index contributed by atoms with van der Waals surface area (Å²) in [5.74, 6) is -0.213. The first kappa shape index (κ1) is 14.1. The van der Waals surface area contributed by atoms with Crippen LogP contribution in [0.2, 0.25) is 0 Å². The molecule has 114 valence electrons.